The number of carbonyl (C=O) groups excluding carboxylic acids is 1. The van der Waals surface area contributed by atoms with Crippen LogP contribution in [0.15, 0.2) is 24.3 Å². The van der Waals surface area contributed by atoms with E-state index in [1.54, 1.807) is 19.1 Å². The molecule has 94 valence electrons. The number of aromatic nitrogens is 1. The van der Waals surface area contributed by atoms with Gasteiger partial charge in [-0.2, -0.15) is 0 Å². The van der Waals surface area contributed by atoms with Crippen molar-refractivity contribution in [3.8, 4) is 10.6 Å². The smallest absolute Gasteiger partial charge is 0.352 e. The molecule has 1 aromatic heterocycles. The predicted octanol–water partition coefficient (Wildman–Crippen LogP) is 2.71. The number of ether oxygens (including phenoxy) is 1. The molecule has 2 aromatic rings. The molecule has 0 saturated heterocycles. The van der Waals surface area contributed by atoms with Gasteiger partial charge in [-0.25, -0.2) is 14.2 Å². The second-order valence-electron chi connectivity index (χ2n) is 3.46. The molecule has 18 heavy (non-hydrogen) atoms. The number of hydrogen-bond donors (Lipinski definition) is 1. The third kappa shape index (κ3) is 2.48. The van der Waals surface area contributed by atoms with Crippen molar-refractivity contribution in [1.29, 1.82) is 0 Å². The Bertz CT molecular complexity index is 566. The van der Waals surface area contributed by atoms with Gasteiger partial charge in [-0.3, -0.25) is 0 Å². The Morgan fingerprint density at radius 3 is 2.72 bits per heavy atom. The number of benzene rings is 1. The van der Waals surface area contributed by atoms with Gasteiger partial charge >= 0.3 is 5.97 Å². The minimum atomic E-state index is -0.485. The van der Waals surface area contributed by atoms with Gasteiger partial charge in [0.1, 0.15) is 16.6 Å². The van der Waals surface area contributed by atoms with Crippen molar-refractivity contribution in [3.63, 3.8) is 0 Å². The van der Waals surface area contributed by atoms with Crippen LogP contribution in [-0.2, 0) is 4.74 Å². The van der Waals surface area contributed by atoms with E-state index in [0.29, 0.717) is 10.6 Å². The first-order valence-electron chi connectivity index (χ1n) is 5.31. The van der Waals surface area contributed by atoms with E-state index in [9.17, 15) is 9.18 Å². The summed E-state index contributed by atoms with van der Waals surface area (Å²) < 4.78 is 17.7. The second-order valence-corrected chi connectivity index (χ2v) is 4.46. The zero-order valence-electron chi connectivity index (χ0n) is 9.64. The van der Waals surface area contributed by atoms with Gasteiger partial charge in [-0.05, 0) is 31.2 Å². The van der Waals surface area contributed by atoms with Crippen molar-refractivity contribution in [2.75, 3.05) is 12.3 Å². The summed E-state index contributed by atoms with van der Waals surface area (Å²) in [6, 6.07) is 5.83. The Morgan fingerprint density at radius 1 is 1.44 bits per heavy atom. The normalized spacial score (nSPS) is 10.3. The number of esters is 1. The van der Waals surface area contributed by atoms with Crippen LogP contribution in [-0.4, -0.2) is 17.6 Å². The first-order chi connectivity index (χ1) is 8.61. The fraction of sp³-hybridized carbons (Fsp3) is 0.167. The molecular formula is C12H11FN2O2S. The van der Waals surface area contributed by atoms with Crippen LogP contribution in [0.1, 0.15) is 16.6 Å². The van der Waals surface area contributed by atoms with Crippen LogP contribution in [0.5, 0.6) is 0 Å². The molecular weight excluding hydrogens is 255 g/mol. The molecule has 0 amide bonds. The Balaban J connectivity index is 2.34. The summed E-state index contributed by atoms with van der Waals surface area (Å²) in [5.41, 5.74) is 6.38. The Hall–Kier alpha value is -1.95. The molecule has 4 nitrogen and oxygen atoms in total. The second kappa shape index (κ2) is 5.14. The van der Waals surface area contributed by atoms with Gasteiger partial charge in [-0.1, -0.05) is 0 Å². The molecule has 6 heteroatoms. The minimum Gasteiger partial charge on any atom is -0.462 e. The number of hydrogen-bond acceptors (Lipinski definition) is 5. The molecule has 0 aliphatic heterocycles. The zero-order valence-corrected chi connectivity index (χ0v) is 10.5. The fourth-order valence-corrected chi connectivity index (χ4v) is 2.27. The molecule has 0 aliphatic carbocycles. The van der Waals surface area contributed by atoms with Crippen LogP contribution < -0.4 is 5.73 Å². The lowest BCUT2D eigenvalue weighted by Gasteiger charge is -1.97. The highest BCUT2D eigenvalue weighted by Crippen LogP contribution is 2.30. The van der Waals surface area contributed by atoms with Crippen LogP contribution in [0, 0.1) is 5.82 Å². The van der Waals surface area contributed by atoms with Crippen molar-refractivity contribution >= 4 is 23.1 Å². The Labute approximate surface area is 107 Å². The zero-order chi connectivity index (χ0) is 13.1. The van der Waals surface area contributed by atoms with Crippen molar-refractivity contribution in [2.45, 2.75) is 6.92 Å². The Morgan fingerprint density at radius 2 is 2.11 bits per heavy atom. The maximum atomic E-state index is 12.8. The van der Waals surface area contributed by atoms with E-state index in [1.165, 1.54) is 12.1 Å². The number of nitrogens with two attached hydrogens (primary N) is 1. The number of halogens is 1. The number of thiazole rings is 1. The molecule has 0 bridgehead atoms. The first kappa shape index (κ1) is 12.5. The van der Waals surface area contributed by atoms with Crippen molar-refractivity contribution in [2.24, 2.45) is 0 Å². The molecule has 2 rings (SSSR count). The number of carbonyl (C=O) groups is 1. The van der Waals surface area contributed by atoms with E-state index in [2.05, 4.69) is 4.98 Å². The molecule has 1 aromatic carbocycles. The number of nitrogens with zero attached hydrogens (tertiary/aromatic N) is 1. The van der Waals surface area contributed by atoms with Crippen molar-refractivity contribution < 1.29 is 13.9 Å². The maximum Gasteiger partial charge on any atom is 0.352 e. The Kier molecular flexibility index (Phi) is 3.57. The van der Waals surface area contributed by atoms with E-state index in [-0.39, 0.29) is 23.1 Å². The summed E-state index contributed by atoms with van der Waals surface area (Å²) >= 11 is 1.13. The summed E-state index contributed by atoms with van der Waals surface area (Å²) in [7, 11) is 0. The molecule has 1 heterocycles. The lowest BCUT2D eigenvalue weighted by atomic mass is 10.2. The monoisotopic (exact) mass is 266 g/mol. The SMILES string of the molecule is CCOC(=O)c1sc(-c2ccc(F)cc2)nc1N. The molecule has 0 saturated carbocycles. The quantitative estimate of drug-likeness (QED) is 0.867. The predicted molar refractivity (Wildman–Crippen MR) is 67.9 cm³/mol. The van der Waals surface area contributed by atoms with Gasteiger partial charge in [0.2, 0.25) is 0 Å². The molecule has 0 aliphatic rings. The van der Waals surface area contributed by atoms with Gasteiger partial charge in [0.05, 0.1) is 6.61 Å². The number of rotatable bonds is 3. The number of anilines is 1. The van der Waals surface area contributed by atoms with E-state index >= 15 is 0 Å². The topological polar surface area (TPSA) is 65.2 Å². The minimum absolute atomic E-state index is 0.137. The van der Waals surface area contributed by atoms with Crippen molar-refractivity contribution in [1.82, 2.24) is 4.98 Å². The summed E-state index contributed by atoms with van der Waals surface area (Å²) in [5, 5.41) is 0.565. The van der Waals surface area contributed by atoms with E-state index < -0.39 is 5.97 Å². The van der Waals surface area contributed by atoms with E-state index in [1.807, 2.05) is 0 Å². The molecule has 0 spiro atoms. The summed E-state index contributed by atoms with van der Waals surface area (Å²) in [5.74, 6) is -0.674. The van der Waals surface area contributed by atoms with Crippen molar-refractivity contribution in [3.05, 3.63) is 35.0 Å². The third-order valence-corrected chi connectivity index (χ3v) is 3.31. The largest absolute Gasteiger partial charge is 0.462 e. The highest BCUT2D eigenvalue weighted by atomic mass is 32.1. The molecule has 0 fully saturated rings. The average molecular weight is 266 g/mol. The number of nitrogen functional groups attached to an aromatic ring is 1. The lowest BCUT2D eigenvalue weighted by Crippen LogP contribution is -2.05. The average Bonchev–Trinajstić information content (AvgIpc) is 2.72. The molecule has 2 N–H and O–H groups in total. The summed E-state index contributed by atoms with van der Waals surface area (Å²) in [4.78, 5) is 15.9. The lowest BCUT2D eigenvalue weighted by molar-refractivity contribution is 0.0533. The van der Waals surface area contributed by atoms with Crippen LogP contribution in [0.2, 0.25) is 0 Å². The molecule has 0 unspecified atom stereocenters. The van der Waals surface area contributed by atoms with Crippen LogP contribution in [0.4, 0.5) is 10.2 Å². The standard InChI is InChI=1S/C12H11FN2O2S/c1-2-17-12(16)9-10(14)15-11(18-9)7-3-5-8(13)6-4-7/h3-6H,2,14H2,1H3. The molecule has 0 atom stereocenters. The highest BCUT2D eigenvalue weighted by molar-refractivity contribution is 7.17. The van der Waals surface area contributed by atoms with Gasteiger partial charge in [0, 0.05) is 5.56 Å². The van der Waals surface area contributed by atoms with E-state index in [4.69, 9.17) is 10.5 Å². The first-order valence-corrected chi connectivity index (χ1v) is 6.13. The van der Waals surface area contributed by atoms with Gasteiger partial charge in [0.15, 0.2) is 4.88 Å². The van der Waals surface area contributed by atoms with Crippen LogP contribution in [0.3, 0.4) is 0 Å². The van der Waals surface area contributed by atoms with Crippen LogP contribution >= 0.6 is 11.3 Å². The highest BCUT2D eigenvalue weighted by Gasteiger charge is 2.17. The van der Waals surface area contributed by atoms with Gasteiger partial charge < -0.3 is 10.5 Å². The maximum absolute atomic E-state index is 12.8. The van der Waals surface area contributed by atoms with Gasteiger partial charge in [-0.15, -0.1) is 11.3 Å². The fourth-order valence-electron chi connectivity index (χ4n) is 1.39. The molecule has 0 radical (unpaired) electrons. The summed E-state index contributed by atoms with van der Waals surface area (Å²) in [6.07, 6.45) is 0. The third-order valence-electron chi connectivity index (χ3n) is 2.21. The summed E-state index contributed by atoms with van der Waals surface area (Å²) in [6.45, 7) is 2.00. The van der Waals surface area contributed by atoms with Crippen LogP contribution in [0.25, 0.3) is 10.6 Å². The van der Waals surface area contributed by atoms with E-state index in [0.717, 1.165) is 11.3 Å². The van der Waals surface area contributed by atoms with Gasteiger partial charge in [0.25, 0.3) is 0 Å².